The number of hydrogen-bond acceptors (Lipinski definition) is 6. The van der Waals surface area contributed by atoms with Crippen LogP contribution in [0, 0.1) is 0 Å². The van der Waals surface area contributed by atoms with E-state index in [2.05, 4.69) is 17.0 Å². The van der Waals surface area contributed by atoms with E-state index in [9.17, 15) is 4.79 Å². The first-order chi connectivity index (χ1) is 10.8. The molecule has 1 amide bonds. The van der Waals surface area contributed by atoms with E-state index in [4.69, 9.17) is 19.9 Å². The fourth-order valence-electron chi connectivity index (χ4n) is 3.15. The van der Waals surface area contributed by atoms with Crippen molar-refractivity contribution in [2.24, 2.45) is 5.73 Å². The minimum Gasteiger partial charge on any atom is -0.466 e. The van der Waals surface area contributed by atoms with Gasteiger partial charge in [-0.05, 0) is 18.2 Å². The minimum atomic E-state index is -0.417. The van der Waals surface area contributed by atoms with Crippen LogP contribution >= 0.6 is 0 Å². The summed E-state index contributed by atoms with van der Waals surface area (Å²) in [5, 5.41) is 0. The number of hydrogen-bond donors (Lipinski definition) is 1. The number of carbonyl (C=O) groups excluding carboxylic acids is 1. The molecule has 2 atom stereocenters. The Bertz CT molecular complexity index is 588. The number of amides is 1. The molecule has 0 radical (unpaired) electrons. The van der Waals surface area contributed by atoms with Crippen LogP contribution in [0.15, 0.2) is 18.2 Å². The number of morpholine rings is 1. The van der Waals surface area contributed by atoms with Gasteiger partial charge in [0.25, 0.3) is 0 Å². The number of ether oxygens (including phenoxy) is 3. The van der Waals surface area contributed by atoms with Crippen molar-refractivity contribution in [3.63, 3.8) is 0 Å². The van der Waals surface area contributed by atoms with Crippen LogP contribution < -0.4 is 15.4 Å². The molecule has 2 fully saturated rings. The van der Waals surface area contributed by atoms with E-state index in [0.717, 1.165) is 43.3 Å². The molecule has 7 nitrogen and oxygen atoms in total. The second-order valence-corrected chi connectivity index (χ2v) is 5.69. The third-order valence-corrected chi connectivity index (χ3v) is 4.35. The third-order valence-electron chi connectivity index (χ3n) is 4.35. The molecule has 1 aromatic rings. The zero-order valence-corrected chi connectivity index (χ0v) is 12.2. The fraction of sp³-hybridized carbons (Fsp3) is 0.533. The maximum absolute atomic E-state index is 11.9. The van der Waals surface area contributed by atoms with Crippen molar-refractivity contribution < 1.29 is 19.0 Å². The summed E-state index contributed by atoms with van der Waals surface area (Å²) in [6.07, 6.45) is -1.18. The highest BCUT2D eigenvalue weighted by atomic mass is 16.6. The second-order valence-electron chi connectivity index (χ2n) is 5.69. The molecule has 0 aliphatic carbocycles. The van der Waals surface area contributed by atoms with Crippen LogP contribution in [0.4, 0.5) is 10.5 Å². The molecular weight excluding hydrogens is 286 g/mol. The largest absolute Gasteiger partial charge is 0.466 e. The zero-order valence-electron chi connectivity index (χ0n) is 12.2. The molecule has 4 rings (SSSR count). The Labute approximate surface area is 128 Å². The molecule has 0 bridgehead atoms. The predicted molar refractivity (Wildman–Crippen MR) is 78.8 cm³/mol. The highest BCUT2D eigenvalue weighted by molar-refractivity contribution is 5.71. The molecule has 1 aromatic carbocycles. The maximum Gasteiger partial charge on any atom is 0.413 e. The molecule has 118 valence electrons. The van der Waals surface area contributed by atoms with E-state index in [1.54, 1.807) is 4.90 Å². The fourth-order valence-corrected chi connectivity index (χ4v) is 3.15. The van der Waals surface area contributed by atoms with Gasteiger partial charge in [-0.3, -0.25) is 4.90 Å². The molecule has 3 heterocycles. The number of benzene rings is 1. The number of cyclic esters (lactones) is 1. The summed E-state index contributed by atoms with van der Waals surface area (Å²) in [6, 6.07) is 6.10. The molecule has 3 aliphatic heterocycles. The molecule has 3 aliphatic rings. The van der Waals surface area contributed by atoms with Crippen molar-refractivity contribution in [3.8, 4) is 5.75 Å². The zero-order chi connectivity index (χ0) is 15.1. The summed E-state index contributed by atoms with van der Waals surface area (Å²) in [5.74, 6) is 0.801. The monoisotopic (exact) mass is 305 g/mol. The van der Waals surface area contributed by atoms with E-state index in [-0.39, 0.29) is 12.6 Å². The van der Waals surface area contributed by atoms with E-state index in [1.165, 1.54) is 0 Å². The van der Waals surface area contributed by atoms with Gasteiger partial charge in [-0.25, -0.2) is 4.79 Å². The second kappa shape index (κ2) is 5.33. The minimum absolute atomic E-state index is 0.258. The van der Waals surface area contributed by atoms with Gasteiger partial charge in [0.15, 0.2) is 6.10 Å². The Morgan fingerprint density at radius 2 is 2.05 bits per heavy atom. The molecule has 22 heavy (non-hydrogen) atoms. The van der Waals surface area contributed by atoms with E-state index >= 15 is 0 Å². The maximum atomic E-state index is 11.9. The Morgan fingerprint density at radius 1 is 1.23 bits per heavy atom. The lowest BCUT2D eigenvalue weighted by Gasteiger charge is -2.33. The summed E-state index contributed by atoms with van der Waals surface area (Å²) in [6.45, 7) is 3.99. The Hall–Kier alpha value is -1.99. The molecule has 2 saturated heterocycles. The SMILES string of the molecule is NC[C@@H]1OC(=O)N2Cc3cc(N4CCOCC4)ccc3O[C@@H]12. The van der Waals surface area contributed by atoms with Crippen LogP contribution in [0.1, 0.15) is 5.56 Å². The highest BCUT2D eigenvalue weighted by Crippen LogP contribution is 2.35. The number of nitrogens with zero attached hydrogens (tertiary/aromatic N) is 2. The molecule has 0 saturated carbocycles. The third kappa shape index (κ3) is 2.17. The first kappa shape index (κ1) is 13.7. The number of rotatable bonds is 2. The lowest BCUT2D eigenvalue weighted by molar-refractivity contribution is 0.0221. The molecular formula is C15H19N3O4. The van der Waals surface area contributed by atoms with E-state index in [1.807, 2.05) is 6.07 Å². The molecule has 7 heteroatoms. The van der Waals surface area contributed by atoms with Crippen molar-refractivity contribution in [2.75, 3.05) is 37.7 Å². The van der Waals surface area contributed by atoms with E-state index in [0.29, 0.717) is 6.54 Å². The smallest absolute Gasteiger partial charge is 0.413 e. The first-order valence-electron chi connectivity index (χ1n) is 7.56. The molecule has 0 spiro atoms. The Morgan fingerprint density at radius 3 is 2.82 bits per heavy atom. The van der Waals surface area contributed by atoms with Crippen LogP contribution in [0.25, 0.3) is 0 Å². The molecule has 2 N–H and O–H groups in total. The summed E-state index contributed by atoms with van der Waals surface area (Å²) in [4.78, 5) is 15.8. The van der Waals surface area contributed by atoms with Crippen LogP contribution in [0.3, 0.4) is 0 Å². The van der Waals surface area contributed by atoms with Gasteiger partial charge in [0.1, 0.15) is 5.75 Å². The standard InChI is InChI=1S/C15H19N3O4/c16-8-13-14-18(15(19)22-13)9-10-7-11(1-2-12(10)21-14)17-3-5-20-6-4-17/h1-2,7,13-14H,3-6,8-9,16H2/t13-,14-/m0/s1. The summed E-state index contributed by atoms with van der Waals surface area (Å²) >= 11 is 0. The van der Waals surface area contributed by atoms with Crippen LogP contribution in [-0.4, -0.2) is 56.2 Å². The van der Waals surface area contributed by atoms with Gasteiger partial charge in [0, 0.05) is 30.9 Å². The van der Waals surface area contributed by atoms with Crippen molar-refractivity contribution in [2.45, 2.75) is 18.9 Å². The predicted octanol–water partition coefficient (Wildman–Crippen LogP) is 0.521. The van der Waals surface area contributed by atoms with Gasteiger partial charge in [0.05, 0.1) is 19.8 Å². The lowest BCUT2D eigenvalue weighted by atomic mass is 10.1. The highest BCUT2D eigenvalue weighted by Gasteiger charge is 2.45. The van der Waals surface area contributed by atoms with Gasteiger partial charge in [-0.1, -0.05) is 0 Å². The van der Waals surface area contributed by atoms with Crippen molar-refractivity contribution in [3.05, 3.63) is 23.8 Å². The number of anilines is 1. The van der Waals surface area contributed by atoms with Crippen molar-refractivity contribution in [1.29, 1.82) is 0 Å². The molecule has 0 aromatic heterocycles. The number of nitrogens with two attached hydrogens (primary N) is 1. The van der Waals surface area contributed by atoms with Crippen LogP contribution in [-0.2, 0) is 16.0 Å². The van der Waals surface area contributed by atoms with Crippen LogP contribution in [0.2, 0.25) is 0 Å². The number of carbonyl (C=O) groups is 1. The van der Waals surface area contributed by atoms with Gasteiger partial charge in [-0.2, -0.15) is 0 Å². The normalized spacial score (nSPS) is 27.0. The average Bonchev–Trinajstić information content (AvgIpc) is 2.89. The Kier molecular flexibility index (Phi) is 3.31. The van der Waals surface area contributed by atoms with Gasteiger partial charge >= 0.3 is 6.09 Å². The topological polar surface area (TPSA) is 77.3 Å². The van der Waals surface area contributed by atoms with Crippen molar-refractivity contribution >= 4 is 11.8 Å². The number of fused-ring (bicyclic) bond motifs is 2. The van der Waals surface area contributed by atoms with Crippen molar-refractivity contribution in [1.82, 2.24) is 4.90 Å². The van der Waals surface area contributed by atoms with Gasteiger partial charge < -0.3 is 24.8 Å². The average molecular weight is 305 g/mol. The summed E-state index contributed by atoms with van der Waals surface area (Å²) < 4.78 is 16.6. The van der Waals surface area contributed by atoms with E-state index < -0.39 is 12.3 Å². The van der Waals surface area contributed by atoms with Gasteiger partial charge in [0.2, 0.25) is 6.23 Å². The first-order valence-corrected chi connectivity index (χ1v) is 7.56. The quantitative estimate of drug-likeness (QED) is 0.858. The summed E-state index contributed by atoms with van der Waals surface area (Å²) in [7, 11) is 0. The Balaban J connectivity index is 1.60. The summed E-state index contributed by atoms with van der Waals surface area (Å²) in [5.41, 5.74) is 7.77. The van der Waals surface area contributed by atoms with Gasteiger partial charge in [-0.15, -0.1) is 0 Å². The van der Waals surface area contributed by atoms with Crippen LogP contribution in [0.5, 0.6) is 5.75 Å². The lowest BCUT2D eigenvalue weighted by Crippen LogP contribution is -2.46. The molecule has 0 unspecified atom stereocenters.